The van der Waals surface area contributed by atoms with E-state index >= 15 is 0 Å². The van der Waals surface area contributed by atoms with Gasteiger partial charge in [-0.25, -0.2) is 18.9 Å². The van der Waals surface area contributed by atoms with Crippen molar-refractivity contribution in [2.75, 3.05) is 18.6 Å². The highest BCUT2D eigenvalue weighted by molar-refractivity contribution is 5.54. The van der Waals surface area contributed by atoms with E-state index in [9.17, 15) is 4.39 Å². The molecule has 1 aliphatic heterocycles. The number of pyridine rings is 2. The minimum atomic E-state index is -0.298. The smallest absolute Gasteiger partial charge is 0.148 e. The molecule has 0 unspecified atom stereocenters. The Bertz CT molecular complexity index is 1120. The Hall–Kier alpha value is -3.26. The molecule has 0 saturated carbocycles. The van der Waals surface area contributed by atoms with Crippen LogP contribution in [0.5, 0.6) is 0 Å². The molecular weight excluding hydrogens is 359 g/mol. The molecule has 0 radical (unpaired) electrons. The fourth-order valence-electron chi connectivity index (χ4n) is 3.80. The van der Waals surface area contributed by atoms with Gasteiger partial charge in [-0.1, -0.05) is 6.07 Å². The summed E-state index contributed by atoms with van der Waals surface area (Å²) in [5, 5.41) is 4.63. The van der Waals surface area contributed by atoms with E-state index in [1.54, 1.807) is 36.3 Å². The van der Waals surface area contributed by atoms with Gasteiger partial charge in [-0.3, -0.25) is 0 Å². The van der Waals surface area contributed by atoms with Crippen molar-refractivity contribution in [1.82, 2.24) is 24.6 Å². The van der Waals surface area contributed by atoms with Crippen LogP contribution in [0.1, 0.15) is 28.7 Å². The highest BCUT2D eigenvalue weighted by atomic mass is 19.1. The molecule has 0 bridgehead atoms. The van der Waals surface area contributed by atoms with Gasteiger partial charge in [0.05, 0.1) is 24.3 Å². The van der Waals surface area contributed by atoms with Gasteiger partial charge in [0.1, 0.15) is 23.2 Å². The molecule has 142 valence electrons. The van der Waals surface area contributed by atoms with Crippen LogP contribution < -0.4 is 4.90 Å². The van der Waals surface area contributed by atoms with Gasteiger partial charge in [0.25, 0.3) is 0 Å². The van der Waals surface area contributed by atoms with Crippen molar-refractivity contribution in [3.63, 3.8) is 0 Å². The van der Waals surface area contributed by atoms with E-state index in [-0.39, 0.29) is 11.9 Å². The van der Waals surface area contributed by atoms with E-state index in [4.69, 9.17) is 4.74 Å². The summed E-state index contributed by atoms with van der Waals surface area (Å²) in [6, 6.07) is 8.62. The van der Waals surface area contributed by atoms with Crippen LogP contribution in [0.25, 0.3) is 5.52 Å². The second-order valence-electron chi connectivity index (χ2n) is 6.83. The topological polar surface area (TPSA) is 71.3 Å². The number of ether oxygens (including phenoxy) is 1. The number of aromatic amines is 1. The second-order valence-corrected chi connectivity index (χ2v) is 6.83. The Morgan fingerprint density at radius 1 is 1.29 bits per heavy atom. The predicted molar refractivity (Wildman–Crippen MR) is 102 cm³/mol. The number of rotatable bonds is 4. The normalized spacial score (nSPS) is 16.5. The van der Waals surface area contributed by atoms with Crippen molar-refractivity contribution in [3.8, 4) is 0 Å². The zero-order valence-electron chi connectivity index (χ0n) is 15.3. The highest BCUT2D eigenvalue weighted by Crippen LogP contribution is 2.36. The first kappa shape index (κ1) is 16.9. The zero-order valence-corrected chi connectivity index (χ0v) is 15.3. The molecule has 1 N–H and O–H groups in total. The predicted octanol–water partition coefficient (Wildman–Crippen LogP) is 2.89. The third kappa shape index (κ3) is 2.73. The van der Waals surface area contributed by atoms with Crippen LogP contribution >= 0.6 is 0 Å². The van der Waals surface area contributed by atoms with Crippen molar-refractivity contribution in [2.24, 2.45) is 0 Å². The Kier molecular flexibility index (Phi) is 4.05. The van der Waals surface area contributed by atoms with Gasteiger partial charge in [-0.15, -0.1) is 0 Å². The van der Waals surface area contributed by atoms with Gasteiger partial charge in [-0.2, -0.15) is 5.10 Å². The van der Waals surface area contributed by atoms with Crippen LogP contribution in [0.2, 0.25) is 0 Å². The highest BCUT2D eigenvalue weighted by Gasteiger charge is 2.34. The number of nitrogens with one attached hydrogen (secondary N) is 1. The average molecular weight is 378 g/mol. The number of aromatic nitrogens is 5. The third-order valence-corrected chi connectivity index (χ3v) is 5.09. The lowest BCUT2D eigenvalue weighted by Gasteiger charge is -2.34. The fourth-order valence-corrected chi connectivity index (χ4v) is 3.80. The number of hydrogen-bond donors (Lipinski definition) is 1. The number of halogens is 1. The van der Waals surface area contributed by atoms with Gasteiger partial charge in [0, 0.05) is 38.2 Å². The lowest BCUT2D eigenvalue weighted by Crippen LogP contribution is -2.37. The summed E-state index contributed by atoms with van der Waals surface area (Å²) in [6.45, 7) is 1.28. The van der Waals surface area contributed by atoms with E-state index < -0.39 is 0 Å². The molecule has 0 fully saturated rings. The maximum atomic E-state index is 14.2. The summed E-state index contributed by atoms with van der Waals surface area (Å²) < 4.78 is 21.0. The molecule has 4 aromatic heterocycles. The zero-order chi connectivity index (χ0) is 19.1. The van der Waals surface area contributed by atoms with E-state index in [1.807, 2.05) is 18.3 Å². The molecule has 0 amide bonds. The molecule has 1 aliphatic rings. The molecule has 4 aromatic rings. The number of anilines is 1. The summed E-state index contributed by atoms with van der Waals surface area (Å²) in [4.78, 5) is 14.5. The number of H-pyrrole nitrogens is 1. The van der Waals surface area contributed by atoms with Gasteiger partial charge in [0.2, 0.25) is 0 Å². The first-order valence-corrected chi connectivity index (χ1v) is 9.11. The molecular formula is C20H19FN6O. The minimum absolute atomic E-state index is 0.241. The molecule has 7 nitrogen and oxygen atoms in total. The molecule has 28 heavy (non-hydrogen) atoms. The largest absolute Gasteiger partial charge is 0.380 e. The summed E-state index contributed by atoms with van der Waals surface area (Å²) in [7, 11) is 1.66. The van der Waals surface area contributed by atoms with Crippen LogP contribution in [0.3, 0.4) is 0 Å². The van der Waals surface area contributed by atoms with Gasteiger partial charge in [-0.05, 0) is 29.8 Å². The molecule has 8 heteroatoms. The maximum Gasteiger partial charge on any atom is 0.148 e. The van der Waals surface area contributed by atoms with E-state index in [2.05, 4.69) is 25.0 Å². The Morgan fingerprint density at radius 2 is 2.21 bits per heavy atom. The summed E-state index contributed by atoms with van der Waals surface area (Å²) in [6.07, 6.45) is 6.10. The van der Waals surface area contributed by atoms with Gasteiger partial charge < -0.3 is 14.6 Å². The molecule has 5 heterocycles. The summed E-state index contributed by atoms with van der Waals surface area (Å²) in [5.74, 6) is 0.531. The molecule has 0 aromatic carbocycles. The molecule has 0 aliphatic carbocycles. The lowest BCUT2D eigenvalue weighted by molar-refractivity contribution is 0.184. The molecule has 1 atom stereocenters. The van der Waals surface area contributed by atoms with E-state index in [0.717, 1.165) is 41.4 Å². The number of nitrogens with zero attached hydrogens (tertiary/aromatic N) is 5. The third-order valence-electron chi connectivity index (χ3n) is 5.09. The summed E-state index contributed by atoms with van der Waals surface area (Å²) >= 11 is 0. The Labute approximate surface area is 160 Å². The van der Waals surface area contributed by atoms with E-state index in [0.29, 0.717) is 12.1 Å². The van der Waals surface area contributed by atoms with Crippen LogP contribution in [0, 0.1) is 5.82 Å². The molecule has 5 rings (SSSR count). The number of imidazole rings is 1. The second kappa shape index (κ2) is 6.72. The van der Waals surface area contributed by atoms with Crippen molar-refractivity contribution < 1.29 is 9.13 Å². The van der Waals surface area contributed by atoms with Crippen molar-refractivity contribution in [1.29, 1.82) is 0 Å². The standard InChI is InChI=1S/C20H19FN6O/c1-28-11-13-4-5-18(22-10-13)26-8-6-15-19(24-12-23-15)20(26)16-9-17-14(21)3-2-7-27(17)25-16/h2-5,7,9-10,12,20H,6,8,11H2,1H3,(H,23,24)/t20-/m1/s1. The van der Waals surface area contributed by atoms with Crippen LogP contribution in [-0.2, 0) is 17.8 Å². The van der Waals surface area contributed by atoms with Crippen molar-refractivity contribution in [2.45, 2.75) is 19.1 Å². The quantitative estimate of drug-likeness (QED) is 0.591. The SMILES string of the molecule is COCc1ccc(N2CCc3[nH]cnc3[C@H]2c2cc3c(F)cccn3n2)nc1. The van der Waals surface area contributed by atoms with Gasteiger partial charge in [0.15, 0.2) is 0 Å². The van der Waals surface area contributed by atoms with E-state index in [1.165, 1.54) is 6.07 Å². The minimum Gasteiger partial charge on any atom is -0.380 e. The van der Waals surface area contributed by atoms with Crippen LogP contribution in [0.15, 0.2) is 49.1 Å². The lowest BCUT2D eigenvalue weighted by atomic mass is 9.99. The Balaban J connectivity index is 1.61. The monoisotopic (exact) mass is 378 g/mol. The summed E-state index contributed by atoms with van der Waals surface area (Å²) in [5.41, 5.74) is 4.17. The van der Waals surface area contributed by atoms with Crippen LogP contribution in [-0.4, -0.2) is 38.2 Å². The first-order chi connectivity index (χ1) is 13.7. The average Bonchev–Trinajstić information content (AvgIpc) is 3.35. The van der Waals surface area contributed by atoms with Crippen molar-refractivity contribution in [3.05, 3.63) is 77.5 Å². The molecule has 0 spiro atoms. The Morgan fingerprint density at radius 3 is 3.00 bits per heavy atom. The van der Waals surface area contributed by atoms with Crippen molar-refractivity contribution >= 4 is 11.3 Å². The molecule has 0 saturated heterocycles. The van der Waals surface area contributed by atoms with Gasteiger partial charge >= 0.3 is 0 Å². The number of hydrogen-bond acceptors (Lipinski definition) is 5. The maximum absolute atomic E-state index is 14.2. The number of methoxy groups -OCH3 is 1. The first-order valence-electron chi connectivity index (χ1n) is 9.11. The van der Waals surface area contributed by atoms with Crippen LogP contribution in [0.4, 0.5) is 10.2 Å². The number of fused-ring (bicyclic) bond motifs is 2. The fraction of sp³-hybridized carbons (Fsp3) is 0.250.